The summed E-state index contributed by atoms with van der Waals surface area (Å²) in [7, 11) is -3.62. The Balaban J connectivity index is 1.99. The van der Waals surface area contributed by atoms with Crippen LogP contribution in [0.5, 0.6) is 0 Å². The third-order valence-corrected chi connectivity index (χ3v) is 5.73. The first-order chi connectivity index (χ1) is 12.2. The zero-order valence-electron chi connectivity index (χ0n) is 14.7. The van der Waals surface area contributed by atoms with Gasteiger partial charge in [0.2, 0.25) is 15.7 Å². The third-order valence-electron chi connectivity index (χ3n) is 4.30. The minimum atomic E-state index is -3.62. The summed E-state index contributed by atoms with van der Waals surface area (Å²) in [5, 5.41) is 9.41. The summed E-state index contributed by atoms with van der Waals surface area (Å²) in [5.41, 5.74) is 2.98. The number of benzene rings is 2. The van der Waals surface area contributed by atoms with Crippen molar-refractivity contribution in [2.75, 3.05) is 0 Å². The van der Waals surface area contributed by atoms with Gasteiger partial charge in [0, 0.05) is 11.5 Å². The van der Waals surface area contributed by atoms with Crippen LogP contribution in [0.25, 0.3) is 11.1 Å². The molecule has 132 valence electrons. The molecule has 0 saturated heterocycles. The highest BCUT2D eigenvalue weighted by Crippen LogP contribution is 2.33. The molecule has 0 N–H and O–H groups in total. The Morgan fingerprint density at radius 2 is 1.85 bits per heavy atom. The van der Waals surface area contributed by atoms with Gasteiger partial charge < -0.3 is 4.42 Å². The number of oxazole rings is 1. The molecule has 0 aliphatic heterocycles. The molecule has 0 unspecified atom stereocenters. The van der Waals surface area contributed by atoms with Crippen LogP contribution in [0.4, 0.5) is 0 Å². The quantitative estimate of drug-likeness (QED) is 0.644. The maximum Gasteiger partial charge on any atom is 0.205 e. The zero-order chi connectivity index (χ0) is 18.9. The number of allylic oxidation sites excluding steroid dienone is 1. The molecule has 0 amide bonds. The van der Waals surface area contributed by atoms with Crippen molar-refractivity contribution in [3.63, 3.8) is 0 Å². The van der Waals surface area contributed by atoms with Crippen molar-refractivity contribution in [3.8, 4) is 6.07 Å². The molecule has 0 fully saturated rings. The van der Waals surface area contributed by atoms with Gasteiger partial charge in [-0.15, -0.1) is 0 Å². The number of aromatic nitrogens is 1. The molecule has 0 bridgehead atoms. The summed E-state index contributed by atoms with van der Waals surface area (Å²) >= 11 is 0. The van der Waals surface area contributed by atoms with Gasteiger partial charge in [0.05, 0.1) is 16.4 Å². The lowest BCUT2D eigenvalue weighted by Crippen LogP contribution is -2.19. The first kappa shape index (κ1) is 17.9. The summed E-state index contributed by atoms with van der Waals surface area (Å²) in [6, 6.07) is 14.1. The number of fused-ring (bicyclic) bond motifs is 1. The summed E-state index contributed by atoms with van der Waals surface area (Å²) in [4.78, 5) is 4.74. The predicted molar refractivity (Wildman–Crippen MR) is 99.3 cm³/mol. The summed E-state index contributed by atoms with van der Waals surface area (Å²) in [6.45, 7) is 5.95. The third kappa shape index (κ3) is 3.26. The second kappa shape index (κ2) is 6.43. The van der Waals surface area contributed by atoms with Crippen LogP contribution < -0.4 is 0 Å². The van der Waals surface area contributed by atoms with Crippen molar-refractivity contribution in [3.05, 3.63) is 71.0 Å². The molecule has 0 atom stereocenters. The van der Waals surface area contributed by atoms with E-state index >= 15 is 0 Å². The van der Waals surface area contributed by atoms with Crippen molar-refractivity contribution < 1.29 is 12.8 Å². The summed E-state index contributed by atoms with van der Waals surface area (Å²) < 4.78 is 30.1. The number of rotatable bonds is 4. The van der Waals surface area contributed by atoms with Crippen molar-refractivity contribution in [1.29, 1.82) is 5.26 Å². The van der Waals surface area contributed by atoms with Gasteiger partial charge in [-0.2, -0.15) is 5.26 Å². The average Bonchev–Trinajstić information content (AvgIpc) is 3.04. The first-order valence-corrected chi connectivity index (χ1v) is 9.58. The van der Waals surface area contributed by atoms with Gasteiger partial charge in [-0.25, -0.2) is 13.4 Å². The molecular weight excluding hydrogens is 348 g/mol. The van der Waals surface area contributed by atoms with Crippen molar-refractivity contribution in [2.45, 2.75) is 31.1 Å². The van der Waals surface area contributed by atoms with Gasteiger partial charge in [-0.1, -0.05) is 18.2 Å². The highest BCUT2D eigenvalue weighted by molar-refractivity contribution is 7.94. The minimum Gasteiger partial charge on any atom is -0.440 e. The van der Waals surface area contributed by atoms with Crippen molar-refractivity contribution >= 4 is 20.9 Å². The Bertz CT molecular complexity index is 1130. The molecule has 0 aliphatic rings. The van der Waals surface area contributed by atoms with E-state index < -0.39 is 15.3 Å². The smallest absolute Gasteiger partial charge is 0.205 e. The molecule has 3 aromatic rings. The largest absolute Gasteiger partial charge is 0.440 e. The Morgan fingerprint density at radius 1 is 1.15 bits per heavy atom. The van der Waals surface area contributed by atoms with E-state index in [9.17, 15) is 8.42 Å². The number of nitriles is 1. The van der Waals surface area contributed by atoms with Gasteiger partial charge in [0.1, 0.15) is 5.52 Å². The molecule has 0 aliphatic carbocycles. The fourth-order valence-electron chi connectivity index (χ4n) is 2.69. The van der Waals surface area contributed by atoms with Gasteiger partial charge in [0.25, 0.3) is 0 Å². The molecule has 26 heavy (non-hydrogen) atoms. The van der Waals surface area contributed by atoms with Crippen LogP contribution >= 0.6 is 0 Å². The fourth-order valence-corrected chi connectivity index (χ4v) is 3.60. The Kier molecular flexibility index (Phi) is 4.43. The molecule has 0 spiro atoms. The van der Waals surface area contributed by atoms with E-state index in [-0.39, 0.29) is 4.90 Å². The molecule has 3 rings (SSSR count). The van der Waals surface area contributed by atoms with Crippen LogP contribution in [0.2, 0.25) is 0 Å². The molecule has 2 aromatic carbocycles. The van der Waals surface area contributed by atoms with Crippen molar-refractivity contribution in [1.82, 2.24) is 4.98 Å². The topological polar surface area (TPSA) is 84.0 Å². The van der Waals surface area contributed by atoms with Crippen LogP contribution in [0.1, 0.15) is 30.9 Å². The van der Waals surface area contributed by atoms with Crippen LogP contribution in [0.3, 0.4) is 0 Å². The molecule has 6 heteroatoms. The Labute approximate surface area is 152 Å². The van der Waals surface area contributed by atoms with Crippen LogP contribution in [-0.4, -0.2) is 13.4 Å². The van der Waals surface area contributed by atoms with Crippen LogP contribution in [-0.2, 0) is 15.3 Å². The average molecular weight is 366 g/mol. The highest BCUT2D eigenvalue weighted by atomic mass is 32.2. The number of aryl methyl sites for hydroxylation is 1. The second-order valence-corrected chi connectivity index (χ2v) is 8.45. The van der Waals surface area contributed by atoms with Crippen molar-refractivity contribution in [2.24, 2.45) is 0 Å². The molecular formula is C20H18N2O3S. The molecule has 0 saturated carbocycles. The second-order valence-electron chi connectivity index (χ2n) is 6.62. The van der Waals surface area contributed by atoms with Gasteiger partial charge in [-0.05, 0) is 56.2 Å². The maximum absolute atomic E-state index is 12.1. The van der Waals surface area contributed by atoms with Crippen LogP contribution in [0.15, 0.2) is 63.3 Å². The van der Waals surface area contributed by atoms with E-state index in [1.54, 1.807) is 18.2 Å². The maximum atomic E-state index is 12.1. The summed E-state index contributed by atoms with van der Waals surface area (Å²) in [5.74, 6) is 0.568. The van der Waals surface area contributed by atoms with Gasteiger partial charge in [0.15, 0.2) is 5.58 Å². The predicted octanol–water partition coefficient (Wildman–Crippen LogP) is 4.27. The monoisotopic (exact) mass is 366 g/mol. The lowest BCUT2D eigenvalue weighted by Gasteiger charge is -2.21. The normalized spacial score (nSPS) is 12.5. The van der Waals surface area contributed by atoms with E-state index in [0.717, 1.165) is 33.7 Å². The Hall–Kier alpha value is -2.91. The van der Waals surface area contributed by atoms with E-state index in [4.69, 9.17) is 9.68 Å². The van der Waals surface area contributed by atoms with E-state index in [1.807, 2.05) is 39.0 Å². The fraction of sp³-hybridized carbons (Fsp3) is 0.200. The van der Waals surface area contributed by atoms with E-state index in [0.29, 0.717) is 5.89 Å². The molecule has 0 radical (unpaired) electrons. The standard InChI is InChI=1S/C20H18N2O3S/c1-14-5-10-18-17(13-14)22-19(25-18)20(2,3)15-6-8-16(9-7-15)26(23,24)12-4-11-21/h4-10,12-13H,1-3H3/b12-4+. The van der Waals surface area contributed by atoms with E-state index in [1.165, 1.54) is 12.1 Å². The van der Waals surface area contributed by atoms with Crippen LogP contribution in [0, 0.1) is 18.3 Å². The lowest BCUT2D eigenvalue weighted by atomic mass is 9.84. The zero-order valence-corrected chi connectivity index (χ0v) is 15.5. The highest BCUT2D eigenvalue weighted by Gasteiger charge is 2.29. The lowest BCUT2D eigenvalue weighted by molar-refractivity contribution is 0.433. The molecule has 1 heterocycles. The first-order valence-electron chi connectivity index (χ1n) is 8.03. The molecule has 5 nitrogen and oxygen atoms in total. The molecule has 1 aromatic heterocycles. The minimum absolute atomic E-state index is 0.136. The van der Waals surface area contributed by atoms with E-state index in [2.05, 4.69) is 4.98 Å². The van der Waals surface area contributed by atoms with Gasteiger partial charge in [-0.3, -0.25) is 0 Å². The SMILES string of the molecule is Cc1ccc2oc(C(C)(C)c3ccc(S(=O)(=O)/C=C/C#N)cc3)nc2c1. The Morgan fingerprint density at radius 3 is 2.50 bits per heavy atom. The number of sulfone groups is 1. The number of hydrogen-bond donors (Lipinski definition) is 0. The van der Waals surface area contributed by atoms with Gasteiger partial charge >= 0.3 is 0 Å². The number of nitrogens with zero attached hydrogens (tertiary/aromatic N) is 2. The summed E-state index contributed by atoms with van der Waals surface area (Å²) in [6.07, 6.45) is 0.952. The number of hydrogen-bond acceptors (Lipinski definition) is 5.